The Morgan fingerprint density at radius 3 is 2.88 bits per heavy atom. The van der Waals surface area contributed by atoms with Gasteiger partial charge in [-0.15, -0.1) is 0 Å². The Morgan fingerprint density at radius 2 is 2.06 bits per heavy atom. The third-order valence-electron chi connectivity index (χ3n) is 2.71. The summed E-state index contributed by atoms with van der Waals surface area (Å²) in [6.07, 6.45) is 2.81. The molecule has 1 aromatic rings. The molecule has 0 amide bonds. The summed E-state index contributed by atoms with van der Waals surface area (Å²) in [4.78, 5) is 0. The quantitative estimate of drug-likeness (QED) is 0.838. The zero-order chi connectivity index (χ0) is 11.4. The molecule has 4 heteroatoms. The topological polar surface area (TPSA) is 21.3 Å². The summed E-state index contributed by atoms with van der Waals surface area (Å²) in [5, 5.41) is 3.25. The monoisotopic (exact) mass is 227 g/mol. The Labute approximate surface area is 93.6 Å². The third kappa shape index (κ3) is 2.92. The lowest BCUT2D eigenvalue weighted by molar-refractivity contribution is 0.179. The first-order chi connectivity index (χ1) is 7.75. The van der Waals surface area contributed by atoms with Gasteiger partial charge < -0.3 is 10.1 Å². The van der Waals surface area contributed by atoms with E-state index in [1.807, 2.05) is 0 Å². The van der Waals surface area contributed by atoms with Crippen LogP contribution >= 0.6 is 0 Å². The van der Waals surface area contributed by atoms with Crippen LogP contribution in [0.25, 0.3) is 0 Å². The van der Waals surface area contributed by atoms with Crippen molar-refractivity contribution < 1.29 is 13.5 Å². The van der Waals surface area contributed by atoms with E-state index in [0.717, 1.165) is 38.4 Å². The van der Waals surface area contributed by atoms with Crippen molar-refractivity contribution >= 4 is 0 Å². The van der Waals surface area contributed by atoms with Crippen LogP contribution in [0, 0.1) is 11.6 Å². The van der Waals surface area contributed by atoms with Gasteiger partial charge in [0.2, 0.25) is 0 Å². The average molecular weight is 227 g/mol. The lowest BCUT2D eigenvalue weighted by Crippen LogP contribution is -2.19. The van der Waals surface area contributed by atoms with Crippen molar-refractivity contribution in [2.45, 2.75) is 25.4 Å². The van der Waals surface area contributed by atoms with E-state index in [1.54, 1.807) is 0 Å². The predicted molar refractivity (Wildman–Crippen MR) is 57.5 cm³/mol. The van der Waals surface area contributed by atoms with Crippen LogP contribution in [-0.2, 0) is 0 Å². The molecule has 1 aromatic carbocycles. The molecule has 2 rings (SSSR count). The van der Waals surface area contributed by atoms with Gasteiger partial charge in [0.25, 0.3) is 0 Å². The highest BCUT2D eigenvalue weighted by molar-refractivity contribution is 5.24. The number of rotatable bonds is 2. The van der Waals surface area contributed by atoms with Crippen molar-refractivity contribution in [3.05, 3.63) is 29.8 Å². The minimum Gasteiger partial charge on any atom is -0.487 e. The summed E-state index contributed by atoms with van der Waals surface area (Å²) in [5.41, 5.74) is 0. The standard InChI is InChI=1S/C12H15F2NO/c13-9-3-4-12(11(14)8-9)16-10-2-1-6-15-7-5-10/h3-4,8,10,15H,1-2,5-7H2. The van der Waals surface area contributed by atoms with Gasteiger partial charge in [-0.2, -0.15) is 0 Å². The van der Waals surface area contributed by atoms with E-state index in [1.165, 1.54) is 12.1 Å². The second-order valence-electron chi connectivity index (χ2n) is 4.00. The summed E-state index contributed by atoms with van der Waals surface area (Å²) < 4.78 is 31.6. The second-order valence-corrected chi connectivity index (χ2v) is 4.00. The van der Waals surface area contributed by atoms with Crippen LogP contribution in [0.15, 0.2) is 18.2 Å². The lowest BCUT2D eigenvalue weighted by Gasteiger charge is -2.16. The van der Waals surface area contributed by atoms with Gasteiger partial charge in [-0.1, -0.05) is 0 Å². The Hall–Kier alpha value is -1.16. The van der Waals surface area contributed by atoms with E-state index >= 15 is 0 Å². The number of hydrogen-bond donors (Lipinski definition) is 1. The molecule has 1 aliphatic rings. The molecule has 88 valence electrons. The maximum Gasteiger partial charge on any atom is 0.167 e. The van der Waals surface area contributed by atoms with Gasteiger partial charge in [-0.25, -0.2) is 8.78 Å². The zero-order valence-electron chi connectivity index (χ0n) is 9.01. The van der Waals surface area contributed by atoms with Gasteiger partial charge in [0, 0.05) is 6.07 Å². The maximum absolute atomic E-state index is 13.3. The van der Waals surface area contributed by atoms with Crippen LogP contribution < -0.4 is 10.1 Å². The molecule has 0 radical (unpaired) electrons. The molecule has 0 saturated carbocycles. The number of benzene rings is 1. The van der Waals surface area contributed by atoms with Gasteiger partial charge in [0.15, 0.2) is 11.6 Å². The third-order valence-corrected chi connectivity index (χ3v) is 2.71. The summed E-state index contributed by atoms with van der Waals surface area (Å²) in [6.45, 7) is 1.86. The predicted octanol–water partition coefficient (Wildman–Crippen LogP) is 2.49. The van der Waals surface area contributed by atoms with Gasteiger partial charge >= 0.3 is 0 Å². The fourth-order valence-electron chi connectivity index (χ4n) is 1.86. The molecule has 0 bridgehead atoms. The number of ether oxygens (including phenoxy) is 1. The average Bonchev–Trinajstić information content (AvgIpc) is 2.51. The number of nitrogens with one attached hydrogen (secondary N) is 1. The van der Waals surface area contributed by atoms with Crippen molar-refractivity contribution in [2.24, 2.45) is 0 Å². The summed E-state index contributed by atoms with van der Waals surface area (Å²) in [6, 6.07) is 3.42. The molecule has 1 fully saturated rings. The van der Waals surface area contributed by atoms with Gasteiger partial charge in [0.05, 0.1) is 0 Å². The van der Waals surface area contributed by atoms with Gasteiger partial charge in [0.1, 0.15) is 11.9 Å². The minimum atomic E-state index is -0.628. The van der Waals surface area contributed by atoms with Crippen LogP contribution in [0.1, 0.15) is 19.3 Å². The summed E-state index contributed by atoms with van der Waals surface area (Å²) >= 11 is 0. The Morgan fingerprint density at radius 1 is 1.19 bits per heavy atom. The van der Waals surface area contributed by atoms with E-state index in [-0.39, 0.29) is 11.9 Å². The molecule has 0 spiro atoms. The van der Waals surface area contributed by atoms with Crippen LogP contribution in [-0.4, -0.2) is 19.2 Å². The fourth-order valence-corrected chi connectivity index (χ4v) is 1.86. The fraction of sp³-hybridized carbons (Fsp3) is 0.500. The Bertz CT molecular complexity index is 349. The molecule has 2 nitrogen and oxygen atoms in total. The van der Waals surface area contributed by atoms with E-state index in [0.29, 0.717) is 0 Å². The SMILES string of the molecule is Fc1ccc(OC2CCCNCC2)c(F)c1. The molecule has 0 aliphatic carbocycles. The summed E-state index contributed by atoms with van der Waals surface area (Å²) in [5.74, 6) is -1.06. The highest BCUT2D eigenvalue weighted by Gasteiger charge is 2.15. The molecule has 1 atom stereocenters. The molecular formula is C12H15F2NO. The van der Waals surface area contributed by atoms with Crippen molar-refractivity contribution in [3.8, 4) is 5.75 Å². The second kappa shape index (κ2) is 5.25. The molecule has 0 aromatic heterocycles. The van der Waals surface area contributed by atoms with Crippen LogP contribution in [0.5, 0.6) is 5.75 Å². The molecule has 16 heavy (non-hydrogen) atoms. The molecule has 1 heterocycles. The van der Waals surface area contributed by atoms with E-state index in [2.05, 4.69) is 5.32 Å². The van der Waals surface area contributed by atoms with E-state index in [9.17, 15) is 8.78 Å². The highest BCUT2D eigenvalue weighted by Crippen LogP contribution is 2.21. The highest BCUT2D eigenvalue weighted by atomic mass is 19.1. The van der Waals surface area contributed by atoms with Crippen LogP contribution in [0.3, 0.4) is 0 Å². The van der Waals surface area contributed by atoms with Crippen molar-refractivity contribution in [1.29, 1.82) is 0 Å². The zero-order valence-corrected chi connectivity index (χ0v) is 9.01. The Balaban J connectivity index is 2.01. The minimum absolute atomic E-state index is 0.0231. The van der Waals surface area contributed by atoms with E-state index in [4.69, 9.17) is 4.74 Å². The van der Waals surface area contributed by atoms with Crippen LogP contribution in [0.4, 0.5) is 8.78 Å². The number of hydrogen-bond acceptors (Lipinski definition) is 2. The van der Waals surface area contributed by atoms with E-state index < -0.39 is 11.6 Å². The van der Waals surface area contributed by atoms with Gasteiger partial charge in [-0.05, 0) is 44.5 Å². The molecule has 1 unspecified atom stereocenters. The lowest BCUT2D eigenvalue weighted by atomic mass is 10.1. The molecule has 1 aliphatic heterocycles. The van der Waals surface area contributed by atoms with Crippen molar-refractivity contribution in [1.82, 2.24) is 5.32 Å². The number of halogens is 2. The van der Waals surface area contributed by atoms with Crippen molar-refractivity contribution in [3.63, 3.8) is 0 Å². The smallest absolute Gasteiger partial charge is 0.167 e. The first-order valence-corrected chi connectivity index (χ1v) is 5.58. The Kier molecular flexibility index (Phi) is 3.72. The first-order valence-electron chi connectivity index (χ1n) is 5.58. The molecule has 1 saturated heterocycles. The van der Waals surface area contributed by atoms with Gasteiger partial charge in [-0.3, -0.25) is 0 Å². The maximum atomic E-state index is 13.3. The van der Waals surface area contributed by atoms with Crippen molar-refractivity contribution in [2.75, 3.05) is 13.1 Å². The largest absolute Gasteiger partial charge is 0.487 e. The molecule has 1 N–H and O–H groups in total. The van der Waals surface area contributed by atoms with Crippen LogP contribution in [0.2, 0.25) is 0 Å². The first kappa shape index (κ1) is 11.3. The molecular weight excluding hydrogens is 212 g/mol. The summed E-state index contributed by atoms with van der Waals surface area (Å²) in [7, 11) is 0. The normalized spacial score (nSPS) is 21.5.